The summed E-state index contributed by atoms with van der Waals surface area (Å²) in [6.45, 7) is 8.51. The van der Waals surface area contributed by atoms with Crippen LogP contribution >= 0.6 is 0 Å². The van der Waals surface area contributed by atoms with E-state index in [1.807, 2.05) is 4.68 Å². The van der Waals surface area contributed by atoms with Crippen LogP contribution in [0.25, 0.3) is 0 Å². The number of nitrogens with one attached hydrogen (secondary N) is 1. The molecule has 1 heterocycles. The van der Waals surface area contributed by atoms with Crippen LogP contribution in [0.4, 0.5) is 0 Å². The summed E-state index contributed by atoms with van der Waals surface area (Å²) < 4.78 is 1.90. The number of aliphatic hydroxyl groups is 1. The van der Waals surface area contributed by atoms with E-state index < -0.39 is 0 Å². The van der Waals surface area contributed by atoms with Gasteiger partial charge in [0.25, 0.3) is 0 Å². The zero-order valence-electron chi connectivity index (χ0n) is 11.1. The highest BCUT2D eigenvalue weighted by atomic mass is 16.3. The van der Waals surface area contributed by atoms with Gasteiger partial charge < -0.3 is 10.4 Å². The Morgan fingerprint density at radius 1 is 1.47 bits per heavy atom. The molecule has 98 valence electrons. The van der Waals surface area contributed by atoms with Gasteiger partial charge in [-0.2, -0.15) is 5.10 Å². The van der Waals surface area contributed by atoms with E-state index in [1.165, 1.54) is 0 Å². The minimum absolute atomic E-state index is 0.280. The maximum absolute atomic E-state index is 9.72. The van der Waals surface area contributed by atoms with Crippen LogP contribution in [0.2, 0.25) is 0 Å². The third kappa shape index (κ3) is 5.28. The van der Waals surface area contributed by atoms with E-state index in [9.17, 15) is 5.11 Å². The standard InChI is InChI=1S/C12H24N4O/c1-4-5-16-12(14-9-15-16)8-13-7-11(17)6-10(2)3/h9-11,13,17H,4-8H2,1-3H3. The van der Waals surface area contributed by atoms with E-state index in [4.69, 9.17) is 0 Å². The quantitative estimate of drug-likeness (QED) is 0.716. The van der Waals surface area contributed by atoms with Crippen molar-refractivity contribution in [3.8, 4) is 0 Å². The molecule has 0 spiro atoms. The molecule has 0 saturated heterocycles. The molecule has 1 atom stereocenters. The largest absolute Gasteiger partial charge is 0.392 e. The second kappa shape index (κ2) is 7.40. The van der Waals surface area contributed by atoms with Crippen molar-refractivity contribution < 1.29 is 5.11 Å². The molecule has 17 heavy (non-hydrogen) atoms. The normalized spacial score (nSPS) is 13.2. The number of aryl methyl sites for hydroxylation is 1. The van der Waals surface area contributed by atoms with Gasteiger partial charge in [-0.05, 0) is 18.8 Å². The molecule has 1 unspecified atom stereocenters. The summed E-state index contributed by atoms with van der Waals surface area (Å²) in [5.41, 5.74) is 0. The summed E-state index contributed by atoms with van der Waals surface area (Å²) in [5.74, 6) is 1.46. The lowest BCUT2D eigenvalue weighted by molar-refractivity contribution is 0.145. The van der Waals surface area contributed by atoms with Crippen molar-refractivity contribution in [2.45, 2.75) is 52.8 Å². The molecule has 0 aromatic carbocycles. The van der Waals surface area contributed by atoms with E-state index in [0.29, 0.717) is 19.0 Å². The van der Waals surface area contributed by atoms with Crippen LogP contribution in [-0.2, 0) is 13.1 Å². The number of hydrogen-bond acceptors (Lipinski definition) is 4. The second-order valence-corrected chi connectivity index (χ2v) is 4.81. The predicted molar refractivity (Wildman–Crippen MR) is 67.5 cm³/mol. The summed E-state index contributed by atoms with van der Waals surface area (Å²) in [7, 11) is 0. The van der Waals surface area contributed by atoms with Gasteiger partial charge in [-0.15, -0.1) is 0 Å². The second-order valence-electron chi connectivity index (χ2n) is 4.81. The lowest BCUT2D eigenvalue weighted by atomic mass is 10.1. The molecule has 1 aromatic heterocycles. The van der Waals surface area contributed by atoms with E-state index in [0.717, 1.165) is 25.2 Å². The molecule has 0 bridgehead atoms. The van der Waals surface area contributed by atoms with Crippen LogP contribution in [0, 0.1) is 5.92 Å². The van der Waals surface area contributed by atoms with E-state index in [2.05, 4.69) is 36.2 Å². The van der Waals surface area contributed by atoms with Gasteiger partial charge in [0.1, 0.15) is 12.2 Å². The average molecular weight is 240 g/mol. The van der Waals surface area contributed by atoms with Crippen LogP contribution in [0.3, 0.4) is 0 Å². The Morgan fingerprint density at radius 3 is 2.88 bits per heavy atom. The fourth-order valence-electron chi connectivity index (χ4n) is 1.80. The topological polar surface area (TPSA) is 63.0 Å². The first-order chi connectivity index (χ1) is 8.13. The SMILES string of the molecule is CCCn1ncnc1CNCC(O)CC(C)C. The van der Waals surface area contributed by atoms with Crippen LogP contribution in [0.1, 0.15) is 39.4 Å². The third-order valence-electron chi connectivity index (χ3n) is 2.54. The van der Waals surface area contributed by atoms with Crippen LogP contribution in [-0.4, -0.2) is 32.5 Å². The average Bonchev–Trinajstić information content (AvgIpc) is 2.65. The smallest absolute Gasteiger partial charge is 0.140 e. The first-order valence-corrected chi connectivity index (χ1v) is 6.39. The molecule has 1 rings (SSSR count). The van der Waals surface area contributed by atoms with E-state index in [1.54, 1.807) is 6.33 Å². The lowest BCUT2D eigenvalue weighted by Gasteiger charge is -2.13. The van der Waals surface area contributed by atoms with Gasteiger partial charge in [-0.3, -0.25) is 0 Å². The molecular formula is C12H24N4O. The molecule has 0 amide bonds. The molecular weight excluding hydrogens is 216 g/mol. The Kier molecular flexibility index (Phi) is 6.15. The van der Waals surface area contributed by atoms with Crippen molar-refractivity contribution in [3.63, 3.8) is 0 Å². The van der Waals surface area contributed by atoms with Gasteiger partial charge in [-0.1, -0.05) is 20.8 Å². The fraction of sp³-hybridized carbons (Fsp3) is 0.833. The number of aliphatic hydroxyl groups excluding tert-OH is 1. The molecule has 1 aromatic rings. The van der Waals surface area contributed by atoms with Gasteiger partial charge in [0.2, 0.25) is 0 Å². The van der Waals surface area contributed by atoms with Crippen LogP contribution < -0.4 is 5.32 Å². The summed E-state index contributed by atoms with van der Waals surface area (Å²) in [6.07, 6.45) is 3.18. The molecule has 0 fully saturated rings. The first-order valence-electron chi connectivity index (χ1n) is 6.39. The first kappa shape index (κ1) is 14.1. The van der Waals surface area contributed by atoms with Crippen molar-refractivity contribution in [1.82, 2.24) is 20.1 Å². The molecule has 5 heteroatoms. The number of rotatable bonds is 8. The summed E-state index contributed by atoms with van der Waals surface area (Å²) in [5, 5.41) is 17.1. The van der Waals surface area contributed by atoms with Gasteiger partial charge in [-0.25, -0.2) is 9.67 Å². The summed E-state index contributed by atoms with van der Waals surface area (Å²) in [4.78, 5) is 4.20. The number of nitrogens with zero attached hydrogens (tertiary/aromatic N) is 3. The van der Waals surface area contributed by atoms with E-state index >= 15 is 0 Å². The highest BCUT2D eigenvalue weighted by Gasteiger charge is 2.08. The maximum atomic E-state index is 9.72. The van der Waals surface area contributed by atoms with Crippen molar-refractivity contribution >= 4 is 0 Å². The van der Waals surface area contributed by atoms with Crippen molar-refractivity contribution in [1.29, 1.82) is 0 Å². The minimum atomic E-state index is -0.280. The molecule has 0 aliphatic carbocycles. The van der Waals surface area contributed by atoms with E-state index in [-0.39, 0.29) is 6.10 Å². The molecule has 0 aliphatic heterocycles. The number of aromatic nitrogens is 3. The summed E-state index contributed by atoms with van der Waals surface area (Å²) in [6, 6.07) is 0. The molecule has 0 saturated carbocycles. The Balaban J connectivity index is 2.28. The number of hydrogen-bond donors (Lipinski definition) is 2. The monoisotopic (exact) mass is 240 g/mol. The third-order valence-corrected chi connectivity index (χ3v) is 2.54. The maximum Gasteiger partial charge on any atom is 0.140 e. The predicted octanol–water partition coefficient (Wildman–Crippen LogP) is 1.18. The highest BCUT2D eigenvalue weighted by molar-refractivity contribution is 4.83. The highest BCUT2D eigenvalue weighted by Crippen LogP contribution is 2.03. The molecule has 5 nitrogen and oxygen atoms in total. The zero-order chi connectivity index (χ0) is 12.7. The van der Waals surface area contributed by atoms with Crippen LogP contribution in [0.5, 0.6) is 0 Å². The van der Waals surface area contributed by atoms with Crippen LogP contribution in [0.15, 0.2) is 6.33 Å². The Morgan fingerprint density at radius 2 is 2.24 bits per heavy atom. The Bertz CT molecular complexity index is 311. The van der Waals surface area contributed by atoms with Crippen molar-refractivity contribution in [3.05, 3.63) is 12.2 Å². The minimum Gasteiger partial charge on any atom is -0.392 e. The zero-order valence-corrected chi connectivity index (χ0v) is 11.1. The summed E-state index contributed by atoms with van der Waals surface area (Å²) >= 11 is 0. The Hall–Kier alpha value is -0.940. The lowest BCUT2D eigenvalue weighted by Crippen LogP contribution is -2.28. The molecule has 0 aliphatic rings. The molecule has 0 radical (unpaired) electrons. The Labute approximate surface area is 103 Å². The van der Waals surface area contributed by atoms with Gasteiger partial charge in [0, 0.05) is 13.1 Å². The fourth-order valence-corrected chi connectivity index (χ4v) is 1.80. The van der Waals surface area contributed by atoms with Crippen molar-refractivity contribution in [2.75, 3.05) is 6.54 Å². The van der Waals surface area contributed by atoms with Gasteiger partial charge >= 0.3 is 0 Å². The van der Waals surface area contributed by atoms with Gasteiger partial charge in [0.05, 0.1) is 12.6 Å². The van der Waals surface area contributed by atoms with Crippen molar-refractivity contribution in [2.24, 2.45) is 5.92 Å². The molecule has 2 N–H and O–H groups in total. The van der Waals surface area contributed by atoms with Gasteiger partial charge in [0.15, 0.2) is 0 Å².